The lowest BCUT2D eigenvalue weighted by molar-refractivity contribution is 0.190. The summed E-state index contributed by atoms with van der Waals surface area (Å²) in [6.45, 7) is 4.44. The summed E-state index contributed by atoms with van der Waals surface area (Å²) < 4.78 is 15.9. The van der Waals surface area contributed by atoms with E-state index >= 15 is 0 Å². The molecule has 25 heavy (non-hydrogen) atoms. The Morgan fingerprint density at radius 3 is 3.04 bits per heavy atom. The van der Waals surface area contributed by atoms with E-state index in [2.05, 4.69) is 21.8 Å². The van der Waals surface area contributed by atoms with Crippen molar-refractivity contribution in [2.24, 2.45) is 0 Å². The van der Waals surface area contributed by atoms with E-state index in [-0.39, 0.29) is 17.6 Å². The lowest BCUT2D eigenvalue weighted by Crippen LogP contribution is -2.42. The highest BCUT2D eigenvalue weighted by Gasteiger charge is 2.27. The predicted molar refractivity (Wildman–Crippen MR) is 96.1 cm³/mol. The molecule has 0 saturated carbocycles. The molecule has 3 rings (SSSR count). The van der Waals surface area contributed by atoms with Crippen molar-refractivity contribution in [3.8, 4) is 0 Å². The fourth-order valence-electron chi connectivity index (χ4n) is 3.33. The fourth-order valence-corrected chi connectivity index (χ4v) is 3.33. The van der Waals surface area contributed by atoms with Crippen molar-refractivity contribution in [1.82, 2.24) is 14.5 Å². The van der Waals surface area contributed by atoms with Crippen LogP contribution in [0, 0.1) is 5.82 Å². The van der Waals surface area contributed by atoms with Gasteiger partial charge in [0.2, 0.25) is 0 Å². The van der Waals surface area contributed by atoms with Crippen LogP contribution in [0.1, 0.15) is 44.3 Å². The van der Waals surface area contributed by atoms with Gasteiger partial charge in [-0.25, -0.2) is 14.2 Å². The first kappa shape index (κ1) is 17.5. The van der Waals surface area contributed by atoms with Crippen LogP contribution in [0.15, 0.2) is 36.7 Å². The molecule has 0 unspecified atom stereocenters. The summed E-state index contributed by atoms with van der Waals surface area (Å²) in [6.07, 6.45) is 8.06. The molecule has 1 fully saturated rings. The molecule has 2 heterocycles. The number of carbonyl (C=O) groups excluding carboxylic acids is 1. The highest BCUT2D eigenvalue weighted by Crippen LogP contribution is 2.26. The Balaban J connectivity index is 1.66. The van der Waals surface area contributed by atoms with Crippen molar-refractivity contribution in [2.75, 3.05) is 18.4 Å². The molecule has 1 aliphatic heterocycles. The third-order valence-corrected chi connectivity index (χ3v) is 4.69. The van der Waals surface area contributed by atoms with E-state index in [0.717, 1.165) is 38.1 Å². The summed E-state index contributed by atoms with van der Waals surface area (Å²) in [5.74, 6) is 0.864. The maximum atomic E-state index is 13.7. The van der Waals surface area contributed by atoms with Crippen LogP contribution < -0.4 is 5.32 Å². The van der Waals surface area contributed by atoms with E-state index in [0.29, 0.717) is 13.1 Å². The number of hydrogen-bond donors (Lipinski definition) is 1. The minimum atomic E-state index is -0.417. The molecule has 2 amide bonds. The molecule has 0 radical (unpaired) electrons. The second-order valence-corrected chi connectivity index (χ2v) is 6.53. The van der Waals surface area contributed by atoms with E-state index in [1.54, 1.807) is 23.1 Å². The summed E-state index contributed by atoms with van der Waals surface area (Å²) in [5, 5.41) is 2.68. The molecular weight excluding hydrogens is 319 g/mol. The Morgan fingerprint density at radius 2 is 2.24 bits per heavy atom. The van der Waals surface area contributed by atoms with E-state index in [4.69, 9.17) is 0 Å². The summed E-state index contributed by atoms with van der Waals surface area (Å²) in [5.41, 5.74) is 0.221. The number of amides is 2. The van der Waals surface area contributed by atoms with Gasteiger partial charge in [-0.3, -0.25) is 0 Å². The number of hydrogen-bond acceptors (Lipinski definition) is 2. The molecule has 0 bridgehead atoms. The van der Waals surface area contributed by atoms with Crippen molar-refractivity contribution in [3.63, 3.8) is 0 Å². The van der Waals surface area contributed by atoms with Gasteiger partial charge in [-0.2, -0.15) is 0 Å². The Hall–Kier alpha value is -2.37. The highest BCUT2D eigenvalue weighted by atomic mass is 19.1. The number of imidazole rings is 1. The number of unbranched alkanes of at least 4 members (excludes halogenated alkanes) is 1. The summed E-state index contributed by atoms with van der Waals surface area (Å²) in [7, 11) is 0. The number of carbonyl (C=O) groups is 1. The molecule has 1 N–H and O–H groups in total. The van der Waals surface area contributed by atoms with Crippen LogP contribution in [-0.2, 0) is 6.54 Å². The zero-order valence-corrected chi connectivity index (χ0v) is 14.6. The van der Waals surface area contributed by atoms with Crippen molar-refractivity contribution in [1.29, 1.82) is 0 Å². The Morgan fingerprint density at radius 1 is 1.40 bits per heavy atom. The van der Waals surface area contributed by atoms with Gasteiger partial charge in [0.15, 0.2) is 0 Å². The molecule has 0 spiro atoms. The Kier molecular flexibility index (Phi) is 5.68. The number of aromatic nitrogens is 2. The van der Waals surface area contributed by atoms with E-state index in [1.165, 1.54) is 6.07 Å². The minimum Gasteiger partial charge on any atom is -0.335 e. The fraction of sp³-hybridized carbons (Fsp3) is 0.474. The van der Waals surface area contributed by atoms with Gasteiger partial charge in [-0.15, -0.1) is 0 Å². The monoisotopic (exact) mass is 344 g/mol. The second kappa shape index (κ2) is 8.14. The van der Waals surface area contributed by atoms with Gasteiger partial charge in [0.1, 0.15) is 11.6 Å². The van der Waals surface area contributed by atoms with Crippen LogP contribution in [0.25, 0.3) is 0 Å². The molecule has 134 valence electrons. The number of halogens is 1. The van der Waals surface area contributed by atoms with Gasteiger partial charge in [0.25, 0.3) is 0 Å². The standard InChI is InChI=1S/C19H25FN4O/c1-2-3-11-23-13-10-21-18(23)15-7-6-12-24(14-15)19(25)22-17-9-5-4-8-16(17)20/h4-5,8-10,13,15H,2-3,6-7,11-12,14H2,1H3,(H,22,25)/t15-/m0/s1. The predicted octanol–water partition coefficient (Wildman–Crippen LogP) is 4.23. The maximum Gasteiger partial charge on any atom is 0.321 e. The van der Waals surface area contributed by atoms with Gasteiger partial charge >= 0.3 is 6.03 Å². The second-order valence-electron chi connectivity index (χ2n) is 6.53. The van der Waals surface area contributed by atoms with Crippen LogP contribution in [-0.4, -0.2) is 33.6 Å². The van der Waals surface area contributed by atoms with Gasteiger partial charge in [0, 0.05) is 37.9 Å². The van der Waals surface area contributed by atoms with Gasteiger partial charge in [-0.1, -0.05) is 25.5 Å². The lowest BCUT2D eigenvalue weighted by atomic mass is 9.97. The van der Waals surface area contributed by atoms with E-state index in [9.17, 15) is 9.18 Å². The number of rotatable bonds is 5. The number of piperidine rings is 1. The third-order valence-electron chi connectivity index (χ3n) is 4.69. The molecular formula is C19H25FN4O. The number of likely N-dealkylation sites (tertiary alicyclic amines) is 1. The Labute approximate surface area is 147 Å². The summed E-state index contributed by atoms with van der Waals surface area (Å²) in [6, 6.07) is 5.99. The minimum absolute atomic E-state index is 0.221. The van der Waals surface area contributed by atoms with E-state index in [1.807, 2.05) is 12.4 Å². The normalized spacial score (nSPS) is 17.5. The number of anilines is 1. The van der Waals surface area contributed by atoms with Crippen LogP contribution in [0.3, 0.4) is 0 Å². The number of para-hydroxylation sites is 1. The molecule has 6 heteroatoms. The first-order valence-electron chi connectivity index (χ1n) is 9.00. The molecule has 1 saturated heterocycles. The zero-order valence-electron chi connectivity index (χ0n) is 14.6. The third kappa shape index (κ3) is 4.18. The average molecular weight is 344 g/mol. The van der Waals surface area contributed by atoms with Gasteiger partial charge in [0.05, 0.1) is 5.69 Å². The highest BCUT2D eigenvalue weighted by molar-refractivity contribution is 5.89. The van der Waals surface area contributed by atoms with Crippen LogP contribution in [0.2, 0.25) is 0 Å². The van der Waals surface area contributed by atoms with Crippen LogP contribution >= 0.6 is 0 Å². The molecule has 5 nitrogen and oxygen atoms in total. The number of aryl methyl sites for hydroxylation is 1. The number of nitrogens with one attached hydrogen (secondary N) is 1. The topological polar surface area (TPSA) is 50.2 Å². The molecule has 1 atom stereocenters. The first-order valence-corrected chi connectivity index (χ1v) is 9.00. The lowest BCUT2D eigenvalue weighted by Gasteiger charge is -2.32. The van der Waals surface area contributed by atoms with Crippen LogP contribution in [0.4, 0.5) is 14.9 Å². The van der Waals surface area contributed by atoms with Crippen molar-refractivity contribution in [2.45, 2.75) is 45.1 Å². The largest absolute Gasteiger partial charge is 0.335 e. The SMILES string of the molecule is CCCCn1ccnc1[C@H]1CCCN(C(=O)Nc2ccccc2F)C1. The molecule has 2 aromatic rings. The molecule has 0 aliphatic carbocycles. The van der Waals surface area contributed by atoms with Gasteiger partial charge < -0.3 is 14.8 Å². The van der Waals surface area contributed by atoms with Crippen molar-refractivity contribution >= 4 is 11.7 Å². The van der Waals surface area contributed by atoms with E-state index < -0.39 is 5.82 Å². The quantitative estimate of drug-likeness (QED) is 0.882. The summed E-state index contributed by atoms with van der Waals surface area (Å²) in [4.78, 5) is 18.8. The summed E-state index contributed by atoms with van der Waals surface area (Å²) >= 11 is 0. The molecule has 1 aromatic heterocycles. The van der Waals surface area contributed by atoms with Gasteiger partial charge in [-0.05, 0) is 31.4 Å². The Bertz CT molecular complexity index is 715. The molecule has 1 aromatic carbocycles. The van der Waals surface area contributed by atoms with Crippen LogP contribution in [0.5, 0.6) is 0 Å². The van der Waals surface area contributed by atoms with Crippen molar-refractivity contribution in [3.05, 3.63) is 48.3 Å². The average Bonchev–Trinajstić information content (AvgIpc) is 3.10. The molecule has 1 aliphatic rings. The zero-order chi connectivity index (χ0) is 17.6. The first-order chi connectivity index (χ1) is 12.2. The number of urea groups is 1. The maximum absolute atomic E-state index is 13.7. The number of benzene rings is 1. The number of nitrogens with zero attached hydrogens (tertiary/aromatic N) is 3. The smallest absolute Gasteiger partial charge is 0.321 e. The van der Waals surface area contributed by atoms with Crippen molar-refractivity contribution < 1.29 is 9.18 Å².